The topological polar surface area (TPSA) is 66.4 Å². The Kier molecular flexibility index (Phi) is 8.28. The molecule has 5 atom stereocenters. The fourth-order valence-corrected chi connectivity index (χ4v) is 3.14. The third-order valence-electron chi connectivity index (χ3n) is 4.92. The van der Waals surface area contributed by atoms with Gasteiger partial charge in [-0.25, -0.2) is 9.79 Å². The van der Waals surface area contributed by atoms with Gasteiger partial charge in [-0.15, -0.1) is 0 Å². The maximum absolute atomic E-state index is 13.6. The van der Waals surface area contributed by atoms with Crippen LogP contribution in [0.1, 0.15) is 27.2 Å². The Hall–Kier alpha value is -2.55. The van der Waals surface area contributed by atoms with Gasteiger partial charge in [0.05, 0.1) is 11.8 Å². The molecule has 0 saturated carbocycles. The van der Waals surface area contributed by atoms with Crippen molar-refractivity contribution in [3.63, 3.8) is 0 Å². The predicted octanol–water partition coefficient (Wildman–Crippen LogP) is 5.41. The van der Waals surface area contributed by atoms with Crippen molar-refractivity contribution in [2.24, 2.45) is 16.8 Å². The van der Waals surface area contributed by atoms with Gasteiger partial charge in [0.1, 0.15) is 6.61 Å². The second kappa shape index (κ2) is 10.5. The smallest absolute Gasteiger partial charge is 0.440 e. The number of hydrogen-bond acceptors (Lipinski definition) is 6. The number of nitrogens with zero attached hydrogens (tertiary/aromatic N) is 1. The summed E-state index contributed by atoms with van der Waals surface area (Å²) in [5.74, 6) is -1.92. The van der Waals surface area contributed by atoms with Gasteiger partial charge in [-0.1, -0.05) is 51.6 Å². The highest BCUT2D eigenvalue weighted by atomic mass is 19.4. The zero-order valence-electron chi connectivity index (χ0n) is 17.1. The fraction of sp³-hybridized carbons (Fsp3) is 0.524. The van der Waals surface area contributed by atoms with Gasteiger partial charge in [0.2, 0.25) is 6.29 Å². The van der Waals surface area contributed by atoms with Crippen LogP contribution in [0.25, 0.3) is 0 Å². The highest BCUT2D eigenvalue weighted by molar-refractivity contribution is 5.84. The van der Waals surface area contributed by atoms with E-state index < -0.39 is 30.6 Å². The Morgan fingerprint density at radius 3 is 2.43 bits per heavy atom. The molecule has 0 spiro atoms. The lowest BCUT2D eigenvalue weighted by atomic mass is 9.82. The average Bonchev–Trinajstić information content (AvgIpc) is 2.71. The Morgan fingerprint density at radius 2 is 1.87 bits per heavy atom. The van der Waals surface area contributed by atoms with E-state index in [1.54, 1.807) is 25.1 Å². The van der Waals surface area contributed by atoms with Gasteiger partial charge in [-0.2, -0.15) is 13.2 Å². The first-order chi connectivity index (χ1) is 14.2. The van der Waals surface area contributed by atoms with Crippen molar-refractivity contribution >= 4 is 17.7 Å². The van der Waals surface area contributed by atoms with Crippen molar-refractivity contribution in [1.29, 1.82) is 0 Å². The quantitative estimate of drug-likeness (QED) is 0.262. The van der Waals surface area contributed by atoms with Crippen LogP contribution >= 0.6 is 0 Å². The number of carbonyl (C=O) groups excluding carboxylic acids is 1. The van der Waals surface area contributed by atoms with E-state index in [9.17, 15) is 18.0 Å². The molecule has 0 amide bonds. The highest BCUT2D eigenvalue weighted by Gasteiger charge is 2.48. The van der Waals surface area contributed by atoms with Crippen LogP contribution in [0.3, 0.4) is 0 Å². The van der Waals surface area contributed by atoms with Gasteiger partial charge in [0.15, 0.2) is 6.10 Å². The summed E-state index contributed by atoms with van der Waals surface area (Å²) in [6, 6.07) is 7.60. The lowest BCUT2D eigenvalue weighted by Crippen LogP contribution is -2.53. The molecule has 166 valence electrons. The minimum Gasteiger partial charge on any atom is -0.440 e. The van der Waals surface area contributed by atoms with E-state index in [1.165, 1.54) is 18.2 Å². The van der Waals surface area contributed by atoms with E-state index in [0.29, 0.717) is 6.42 Å². The van der Waals surface area contributed by atoms with Gasteiger partial charge in [0, 0.05) is 5.92 Å². The molecule has 1 aliphatic rings. The van der Waals surface area contributed by atoms with Gasteiger partial charge in [-0.3, -0.25) is 0 Å². The molecule has 0 aliphatic carbocycles. The summed E-state index contributed by atoms with van der Waals surface area (Å²) in [6.07, 6.45) is -7.01. The van der Waals surface area contributed by atoms with E-state index in [0.717, 1.165) is 0 Å². The van der Waals surface area contributed by atoms with Crippen LogP contribution in [0.15, 0.2) is 48.0 Å². The van der Waals surface area contributed by atoms with Crippen molar-refractivity contribution in [2.45, 2.75) is 51.9 Å². The van der Waals surface area contributed by atoms with Crippen molar-refractivity contribution < 1.29 is 36.9 Å². The molecule has 9 heteroatoms. The summed E-state index contributed by atoms with van der Waals surface area (Å²) in [5, 5.41) is 0. The Labute approximate surface area is 173 Å². The van der Waals surface area contributed by atoms with Crippen LogP contribution in [0, 0.1) is 11.8 Å². The lowest BCUT2D eigenvalue weighted by molar-refractivity contribution is -0.253. The number of halogens is 3. The number of para-hydroxylation sites is 1. The van der Waals surface area contributed by atoms with Gasteiger partial charge < -0.3 is 18.9 Å². The molecular weight excluding hydrogens is 403 g/mol. The van der Waals surface area contributed by atoms with Crippen LogP contribution in [0.2, 0.25) is 0 Å². The molecule has 0 radical (unpaired) electrons. The minimum atomic E-state index is -4.87. The van der Waals surface area contributed by atoms with E-state index >= 15 is 0 Å². The molecule has 1 aromatic rings. The first-order valence-corrected chi connectivity index (χ1v) is 9.64. The largest absolute Gasteiger partial charge is 0.509 e. The van der Waals surface area contributed by atoms with E-state index in [-0.39, 0.29) is 30.2 Å². The standard InChI is InChI=1S/C21H26F3NO5/c1-5-12-27-20(26)29-17-14(4)13(3)16(6-2)28-18(17)30-19(21(22,23)24)25-15-10-8-7-9-11-15/h5,7-11,13-14,16-18H,1,6,12H2,2-4H3/t13-,14-,16?,17?,18+/m0/s1. The molecule has 1 aromatic carbocycles. The fourth-order valence-electron chi connectivity index (χ4n) is 3.14. The molecule has 6 nitrogen and oxygen atoms in total. The zero-order chi connectivity index (χ0) is 22.3. The summed E-state index contributed by atoms with van der Waals surface area (Å²) in [5.41, 5.74) is 0.0666. The average molecular weight is 429 g/mol. The number of alkyl halides is 3. The number of carbonyl (C=O) groups is 1. The zero-order valence-corrected chi connectivity index (χ0v) is 17.1. The third kappa shape index (κ3) is 6.22. The highest BCUT2D eigenvalue weighted by Crippen LogP contribution is 2.36. The second-order valence-corrected chi connectivity index (χ2v) is 6.97. The molecule has 1 aliphatic heterocycles. The predicted molar refractivity (Wildman–Crippen MR) is 104 cm³/mol. The van der Waals surface area contributed by atoms with E-state index in [2.05, 4.69) is 11.6 Å². The Morgan fingerprint density at radius 1 is 1.20 bits per heavy atom. The minimum absolute atomic E-state index is 0.0666. The molecule has 1 fully saturated rings. The third-order valence-corrected chi connectivity index (χ3v) is 4.92. The summed E-state index contributed by atoms with van der Waals surface area (Å²) < 4.78 is 61.8. The molecule has 2 rings (SSSR count). The summed E-state index contributed by atoms with van der Waals surface area (Å²) in [4.78, 5) is 15.5. The number of aliphatic imine (C=N–C) groups is 1. The van der Waals surface area contributed by atoms with Crippen molar-refractivity contribution in [3.05, 3.63) is 43.0 Å². The van der Waals surface area contributed by atoms with Gasteiger partial charge in [0.25, 0.3) is 5.90 Å². The Bertz CT molecular complexity index is 738. The van der Waals surface area contributed by atoms with Crippen LogP contribution in [0.5, 0.6) is 0 Å². The molecule has 0 N–H and O–H groups in total. The number of ether oxygens (including phenoxy) is 4. The van der Waals surface area contributed by atoms with Crippen LogP contribution < -0.4 is 0 Å². The first kappa shape index (κ1) is 23.7. The summed E-state index contributed by atoms with van der Waals surface area (Å²) >= 11 is 0. The lowest BCUT2D eigenvalue weighted by Gasteiger charge is -2.43. The monoisotopic (exact) mass is 429 g/mol. The molecule has 2 unspecified atom stereocenters. The maximum atomic E-state index is 13.6. The number of benzene rings is 1. The summed E-state index contributed by atoms with van der Waals surface area (Å²) in [6.45, 7) is 8.83. The molecule has 1 heterocycles. The molecule has 30 heavy (non-hydrogen) atoms. The Balaban J connectivity index is 2.32. The summed E-state index contributed by atoms with van der Waals surface area (Å²) in [7, 11) is 0. The van der Waals surface area contributed by atoms with Crippen molar-refractivity contribution in [2.75, 3.05) is 6.61 Å². The van der Waals surface area contributed by atoms with Crippen molar-refractivity contribution in [1.82, 2.24) is 0 Å². The molecule has 1 saturated heterocycles. The molecular formula is C21H26F3NO5. The van der Waals surface area contributed by atoms with Crippen LogP contribution in [-0.4, -0.2) is 43.3 Å². The SMILES string of the molecule is C=CCOC(=O)OC1[C@@H](OC(=Nc2ccccc2)C(F)(F)F)OC(CC)[C@@H](C)[C@@H]1C. The molecule has 0 aromatic heterocycles. The van der Waals surface area contributed by atoms with E-state index in [1.807, 2.05) is 13.8 Å². The van der Waals surface area contributed by atoms with E-state index in [4.69, 9.17) is 18.9 Å². The number of hydrogen-bond donors (Lipinski definition) is 0. The van der Waals surface area contributed by atoms with Gasteiger partial charge in [-0.05, 0) is 24.5 Å². The van der Waals surface area contributed by atoms with Crippen LogP contribution in [-0.2, 0) is 18.9 Å². The second-order valence-electron chi connectivity index (χ2n) is 6.97. The van der Waals surface area contributed by atoms with Crippen LogP contribution in [0.4, 0.5) is 23.7 Å². The molecule has 0 bridgehead atoms. The number of rotatable bonds is 6. The first-order valence-electron chi connectivity index (χ1n) is 9.64. The van der Waals surface area contributed by atoms with Crippen molar-refractivity contribution in [3.8, 4) is 0 Å². The normalized spacial score (nSPS) is 27.3. The maximum Gasteiger partial charge on any atom is 0.509 e. The van der Waals surface area contributed by atoms with Gasteiger partial charge >= 0.3 is 12.3 Å².